The summed E-state index contributed by atoms with van der Waals surface area (Å²) < 4.78 is 15.1. The monoisotopic (exact) mass is 323 g/mol. The maximum Gasteiger partial charge on any atom is 0.254 e. The standard InChI is InChI=1S/C15H15ClFN3O2/c1-19-8-18-13-6-20(10(7-21)5-14(13)19)15(22)9-2-3-12(17)11(16)4-9/h2-4,8,10,21H,5-7H2,1H3/t10-/m0/s1. The Morgan fingerprint density at radius 3 is 3.00 bits per heavy atom. The lowest BCUT2D eigenvalue weighted by molar-refractivity contribution is 0.0536. The highest BCUT2D eigenvalue weighted by molar-refractivity contribution is 6.31. The van der Waals surface area contributed by atoms with E-state index in [9.17, 15) is 14.3 Å². The highest BCUT2D eigenvalue weighted by atomic mass is 35.5. The first-order valence-corrected chi connectivity index (χ1v) is 7.25. The third-order valence-electron chi connectivity index (χ3n) is 3.97. The first-order chi connectivity index (χ1) is 10.5. The Morgan fingerprint density at radius 2 is 2.32 bits per heavy atom. The molecular weight excluding hydrogens is 309 g/mol. The van der Waals surface area contributed by atoms with Gasteiger partial charge in [-0.3, -0.25) is 4.79 Å². The van der Waals surface area contributed by atoms with E-state index in [0.717, 1.165) is 11.4 Å². The Hall–Kier alpha value is -1.92. The summed E-state index contributed by atoms with van der Waals surface area (Å²) >= 11 is 5.74. The van der Waals surface area contributed by atoms with Gasteiger partial charge < -0.3 is 14.6 Å². The van der Waals surface area contributed by atoms with Gasteiger partial charge in [0.15, 0.2) is 0 Å². The highest BCUT2D eigenvalue weighted by Gasteiger charge is 2.32. The quantitative estimate of drug-likeness (QED) is 0.916. The minimum atomic E-state index is -0.567. The molecule has 0 bridgehead atoms. The van der Waals surface area contributed by atoms with Gasteiger partial charge in [-0.05, 0) is 18.2 Å². The molecule has 1 aromatic carbocycles. The number of carbonyl (C=O) groups excluding carboxylic acids is 1. The number of amides is 1. The van der Waals surface area contributed by atoms with Crippen molar-refractivity contribution in [2.24, 2.45) is 7.05 Å². The van der Waals surface area contributed by atoms with E-state index in [0.29, 0.717) is 18.5 Å². The third kappa shape index (κ3) is 2.48. The smallest absolute Gasteiger partial charge is 0.254 e. The van der Waals surface area contributed by atoms with E-state index in [1.54, 1.807) is 11.2 Å². The number of halogens is 2. The van der Waals surface area contributed by atoms with Crippen molar-refractivity contribution in [3.8, 4) is 0 Å². The number of carbonyl (C=O) groups is 1. The minimum Gasteiger partial charge on any atom is -0.394 e. The topological polar surface area (TPSA) is 58.4 Å². The van der Waals surface area contributed by atoms with Gasteiger partial charge in [-0.1, -0.05) is 11.6 Å². The summed E-state index contributed by atoms with van der Waals surface area (Å²) in [6.07, 6.45) is 2.23. The number of hydrogen-bond donors (Lipinski definition) is 1. The van der Waals surface area contributed by atoms with Crippen molar-refractivity contribution in [1.29, 1.82) is 0 Å². The Morgan fingerprint density at radius 1 is 1.55 bits per heavy atom. The Labute approximate surface area is 131 Å². The second-order valence-corrected chi connectivity index (χ2v) is 5.76. The molecule has 0 aliphatic carbocycles. The molecule has 0 saturated carbocycles. The summed E-state index contributed by atoms with van der Waals surface area (Å²) in [5, 5.41) is 9.50. The van der Waals surface area contributed by atoms with Crippen LogP contribution in [0, 0.1) is 5.82 Å². The molecule has 1 aliphatic rings. The normalized spacial score (nSPS) is 17.5. The van der Waals surface area contributed by atoms with Gasteiger partial charge in [0.1, 0.15) is 5.82 Å². The van der Waals surface area contributed by atoms with Crippen LogP contribution in [-0.4, -0.2) is 38.1 Å². The van der Waals surface area contributed by atoms with Crippen molar-refractivity contribution in [2.75, 3.05) is 6.61 Å². The van der Waals surface area contributed by atoms with E-state index in [1.165, 1.54) is 18.2 Å². The van der Waals surface area contributed by atoms with Gasteiger partial charge in [0.2, 0.25) is 0 Å². The minimum absolute atomic E-state index is 0.0954. The third-order valence-corrected chi connectivity index (χ3v) is 4.26. The Balaban J connectivity index is 1.92. The van der Waals surface area contributed by atoms with Crippen LogP contribution in [0.3, 0.4) is 0 Å². The first kappa shape index (κ1) is 15.0. The molecule has 1 atom stereocenters. The zero-order valence-corrected chi connectivity index (χ0v) is 12.7. The Kier molecular flexibility index (Phi) is 3.88. The van der Waals surface area contributed by atoms with Gasteiger partial charge >= 0.3 is 0 Å². The van der Waals surface area contributed by atoms with Crippen LogP contribution in [-0.2, 0) is 20.0 Å². The first-order valence-electron chi connectivity index (χ1n) is 6.87. The van der Waals surface area contributed by atoms with Crippen LogP contribution in [0.4, 0.5) is 4.39 Å². The number of imidazole rings is 1. The van der Waals surface area contributed by atoms with Crippen LogP contribution in [0.5, 0.6) is 0 Å². The number of aliphatic hydroxyl groups excluding tert-OH is 1. The van der Waals surface area contributed by atoms with Crippen LogP contribution in [0.1, 0.15) is 21.7 Å². The molecule has 0 radical (unpaired) electrons. The van der Waals surface area contributed by atoms with Crippen LogP contribution in [0.15, 0.2) is 24.5 Å². The van der Waals surface area contributed by atoms with Crippen molar-refractivity contribution in [2.45, 2.75) is 19.0 Å². The van der Waals surface area contributed by atoms with Crippen molar-refractivity contribution < 1.29 is 14.3 Å². The zero-order valence-electron chi connectivity index (χ0n) is 12.0. The molecule has 1 aromatic heterocycles. The van der Waals surface area contributed by atoms with Crippen LogP contribution in [0.25, 0.3) is 0 Å². The van der Waals surface area contributed by atoms with Crippen molar-refractivity contribution in [3.05, 3.63) is 52.3 Å². The SMILES string of the molecule is Cn1cnc2c1C[C@@H](CO)N(C(=O)c1ccc(F)c(Cl)c1)C2. The largest absolute Gasteiger partial charge is 0.394 e. The number of hydrogen-bond acceptors (Lipinski definition) is 3. The molecule has 3 rings (SSSR count). The predicted octanol–water partition coefficient (Wildman–Crippen LogP) is 1.77. The molecule has 116 valence electrons. The van der Waals surface area contributed by atoms with Crippen molar-refractivity contribution in [1.82, 2.24) is 14.5 Å². The van der Waals surface area contributed by atoms with Crippen molar-refractivity contribution in [3.63, 3.8) is 0 Å². The molecule has 2 heterocycles. The molecular formula is C15H15ClFN3O2. The lowest BCUT2D eigenvalue weighted by Crippen LogP contribution is -2.46. The van der Waals surface area contributed by atoms with E-state index in [1.807, 2.05) is 11.6 Å². The van der Waals surface area contributed by atoms with Gasteiger partial charge in [0.25, 0.3) is 5.91 Å². The molecule has 1 amide bonds. The number of rotatable bonds is 2. The second-order valence-electron chi connectivity index (χ2n) is 5.35. The molecule has 2 aromatic rings. The number of fused-ring (bicyclic) bond motifs is 1. The summed E-state index contributed by atoms with van der Waals surface area (Å²) in [4.78, 5) is 18.5. The van der Waals surface area contributed by atoms with E-state index < -0.39 is 5.82 Å². The molecule has 5 nitrogen and oxygen atoms in total. The number of aliphatic hydroxyl groups is 1. The predicted molar refractivity (Wildman–Crippen MR) is 79.1 cm³/mol. The number of nitrogens with zero attached hydrogens (tertiary/aromatic N) is 3. The average Bonchev–Trinajstić information content (AvgIpc) is 2.88. The average molecular weight is 324 g/mol. The zero-order chi connectivity index (χ0) is 15.9. The van der Waals surface area contributed by atoms with E-state index in [4.69, 9.17) is 11.6 Å². The lowest BCUT2D eigenvalue weighted by atomic mass is 10.0. The molecule has 7 heteroatoms. The van der Waals surface area contributed by atoms with Crippen LogP contribution in [0.2, 0.25) is 5.02 Å². The van der Waals surface area contributed by atoms with Crippen LogP contribution < -0.4 is 0 Å². The van der Waals surface area contributed by atoms with Gasteiger partial charge in [-0.25, -0.2) is 9.37 Å². The van der Waals surface area contributed by atoms with E-state index in [-0.39, 0.29) is 23.6 Å². The molecule has 22 heavy (non-hydrogen) atoms. The number of aryl methyl sites for hydroxylation is 1. The fourth-order valence-corrected chi connectivity index (χ4v) is 2.90. The van der Waals surface area contributed by atoms with Gasteiger partial charge in [-0.2, -0.15) is 0 Å². The van der Waals surface area contributed by atoms with Crippen molar-refractivity contribution >= 4 is 17.5 Å². The number of benzene rings is 1. The maximum absolute atomic E-state index is 13.2. The molecule has 1 aliphatic heterocycles. The number of aromatic nitrogens is 2. The highest BCUT2D eigenvalue weighted by Crippen LogP contribution is 2.25. The van der Waals surface area contributed by atoms with E-state index >= 15 is 0 Å². The lowest BCUT2D eigenvalue weighted by Gasteiger charge is -2.34. The summed E-state index contributed by atoms with van der Waals surface area (Å²) in [6.45, 7) is 0.167. The van der Waals surface area contributed by atoms with Gasteiger partial charge in [0.05, 0.1) is 36.2 Å². The van der Waals surface area contributed by atoms with Gasteiger partial charge in [-0.15, -0.1) is 0 Å². The van der Waals surface area contributed by atoms with Gasteiger partial charge in [0, 0.05) is 24.7 Å². The summed E-state index contributed by atoms with van der Waals surface area (Å²) in [7, 11) is 1.89. The van der Waals surface area contributed by atoms with E-state index in [2.05, 4.69) is 4.98 Å². The second kappa shape index (κ2) is 5.70. The molecule has 0 fully saturated rings. The fourth-order valence-electron chi connectivity index (χ4n) is 2.72. The molecule has 0 saturated heterocycles. The van der Waals surface area contributed by atoms with Crippen LogP contribution >= 0.6 is 11.6 Å². The Bertz CT molecular complexity index is 732. The summed E-state index contributed by atoms with van der Waals surface area (Å²) in [5.74, 6) is -0.861. The molecule has 1 N–H and O–H groups in total. The molecule has 0 unspecified atom stereocenters. The maximum atomic E-state index is 13.2. The fraction of sp³-hybridized carbons (Fsp3) is 0.333. The summed E-state index contributed by atoms with van der Waals surface area (Å²) in [5.41, 5.74) is 2.12. The summed E-state index contributed by atoms with van der Waals surface area (Å²) in [6, 6.07) is 3.53. The molecule has 0 spiro atoms.